The molecule has 4 nitrogen and oxygen atoms in total. The van der Waals surface area contributed by atoms with E-state index in [1.54, 1.807) is 42.5 Å². The number of allylic oxidation sites excluding steroid dienone is 1. The van der Waals surface area contributed by atoms with Crippen molar-refractivity contribution in [3.05, 3.63) is 72.3 Å². The fourth-order valence-corrected chi connectivity index (χ4v) is 2.59. The van der Waals surface area contributed by atoms with E-state index in [-0.39, 0.29) is 17.0 Å². The Kier molecular flexibility index (Phi) is 7.49. The molecule has 4 heteroatoms. The first-order valence-electron chi connectivity index (χ1n) is 10.1. The molecule has 30 heavy (non-hydrogen) atoms. The third-order valence-corrected chi connectivity index (χ3v) is 3.73. The van der Waals surface area contributed by atoms with Gasteiger partial charge in [-0.1, -0.05) is 24.8 Å². The van der Waals surface area contributed by atoms with Crippen LogP contribution in [0.4, 0.5) is 0 Å². The first-order chi connectivity index (χ1) is 14.0. The fourth-order valence-electron chi connectivity index (χ4n) is 2.59. The van der Waals surface area contributed by atoms with Crippen molar-refractivity contribution in [3.63, 3.8) is 0 Å². The lowest BCUT2D eigenvalue weighted by atomic mass is 10.1. The zero-order valence-electron chi connectivity index (χ0n) is 18.8. The van der Waals surface area contributed by atoms with E-state index in [9.17, 15) is 4.79 Å². The molecule has 0 aliphatic carbocycles. The molecule has 0 radical (unpaired) electrons. The summed E-state index contributed by atoms with van der Waals surface area (Å²) in [5.74, 6) is 1.94. The van der Waals surface area contributed by atoms with Gasteiger partial charge in [0.2, 0.25) is 0 Å². The minimum absolute atomic E-state index is 0.0846. The Labute approximate surface area is 180 Å². The van der Waals surface area contributed by atoms with Gasteiger partial charge in [0.1, 0.15) is 23.6 Å². The van der Waals surface area contributed by atoms with Crippen molar-refractivity contribution < 1.29 is 19.0 Å². The number of carbonyl (C=O) groups is 1. The Hall–Kier alpha value is -3.01. The molecule has 0 saturated heterocycles. The topological polar surface area (TPSA) is 44.8 Å². The average molecular weight is 409 g/mol. The van der Waals surface area contributed by atoms with Crippen LogP contribution in [0.5, 0.6) is 17.2 Å². The van der Waals surface area contributed by atoms with Crippen LogP contribution in [-0.4, -0.2) is 23.6 Å². The van der Waals surface area contributed by atoms with E-state index in [4.69, 9.17) is 14.2 Å². The van der Waals surface area contributed by atoms with Gasteiger partial charge in [-0.3, -0.25) is 4.79 Å². The molecule has 0 aliphatic heterocycles. The van der Waals surface area contributed by atoms with Crippen LogP contribution < -0.4 is 14.2 Å². The normalized spacial score (nSPS) is 11.9. The Bertz CT molecular complexity index is 894. The lowest BCUT2D eigenvalue weighted by Crippen LogP contribution is -2.26. The standard InChI is InChI=1S/C26H32O4/c1-8-17-28-21-13-11-20(12-14-21)22(27)15-9-19-10-16-23(29-25(2,3)4)24(18-19)30-26(5,6)7/h8-16,18H,1,17H2,2-7H3/b15-9+. The van der Waals surface area contributed by atoms with Crippen LogP contribution in [-0.2, 0) is 0 Å². The molecular weight excluding hydrogens is 376 g/mol. The van der Waals surface area contributed by atoms with Crippen molar-refractivity contribution in [2.24, 2.45) is 0 Å². The molecule has 0 amide bonds. The molecule has 0 atom stereocenters. The average Bonchev–Trinajstić information content (AvgIpc) is 2.64. The van der Waals surface area contributed by atoms with Crippen LogP contribution >= 0.6 is 0 Å². The van der Waals surface area contributed by atoms with Crippen LogP contribution in [0.3, 0.4) is 0 Å². The molecule has 0 aromatic heterocycles. The van der Waals surface area contributed by atoms with E-state index in [1.165, 1.54) is 0 Å². The van der Waals surface area contributed by atoms with Gasteiger partial charge in [0, 0.05) is 5.56 Å². The number of rotatable bonds is 8. The quantitative estimate of drug-likeness (QED) is 0.284. The molecule has 0 fully saturated rings. The van der Waals surface area contributed by atoms with Gasteiger partial charge in [0.05, 0.1) is 0 Å². The lowest BCUT2D eigenvalue weighted by Gasteiger charge is -2.27. The second kappa shape index (κ2) is 9.66. The van der Waals surface area contributed by atoms with Gasteiger partial charge in [-0.05, 0) is 89.6 Å². The highest BCUT2D eigenvalue weighted by atomic mass is 16.5. The Morgan fingerprint density at radius 3 is 2.07 bits per heavy atom. The summed E-state index contributed by atoms with van der Waals surface area (Å²) >= 11 is 0. The summed E-state index contributed by atoms with van der Waals surface area (Å²) in [5.41, 5.74) is 0.736. The second-order valence-corrected chi connectivity index (χ2v) is 8.96. The predicted molar refractivity (Wildman–Crippen MR) is 123 cm³/mol. The van der Waals surface area contributed by atoms with Crippen LogP contribution in [0.2, 0.25) is 0 Å². The number of carbonyl (C=O) groups excluding carboxylic acids is 1. The van der Waals surface area contributed by atoms with Gasteiger partial charge >= 0.3 is 0 Å². The summed E-state index contributed by atoms with van der Waals surface area (Å²) in [6.07, 6.45) is 5.01. The zero-order chi connectivity index (χ0) is 22.4. The number of hydrogen-bond acceptors (Lipinski definition) is 4. The van der Waals surface area contributed by atoms with Crippen LogP contribution in [0, 0.1) is 0 Å². The number of benzene rings is 2. The zero-order valence-corrected chi connectivity index (χ0v) is 18.8. The Morgan fingerprint density at radius 1 is 0.900 bits per heavy atom. The summed E-state index contributed by atoms with van der Waals surface area (Å²) in [4.78, 5) is 12.5. The van der Waals surface area contributed by atoms with Gasteiger partial charge < -0.3 is 14.2 Å². The monoisotopic (exact) mass is 408 g/mol. The second-order valence-electron chi connectivity index (χ2n) is 8.96. The van der Waals surface area contributed by atoms with Gasteiger partial charge in [0.15, 0.2) is 17.3 Å². The van der Waals surface area contributed by atoms with Crippen molar-refractivity contribution >= 4 is 11.9 Å². The molecule has 0 saturated carbocycles. The van der Waals surface area contributed by atoms with Crippen molar-refractivity contribution in [2.45, 2.75) is 52.7 Å². The van der Waals surface area contributed by atoms with Crippen LogP contribution in [0.1, 0.15) is 57.5 Å². The molecule has 2 aromatic rings. The van der Waals surface area contributed by atoms with Gasteiger partial charge in [-0.25, -0.2) is 0 Å². The highest BCUT2D eigenvalue weighted by molar-refractivity contribution is 6.06. The fraction of sp³-hybridized carbons (Fsp3) is 0.346. The predicted octanol–water partition coefficient (Wildman–Crippen LogP) is 6.50. The van der Waals surface area contributed by atoms with Gasteiger partial charge in [-0.15, -0.1) is 0 Å². The summed E-state index contributed by atoms with van der Waals surface area (Å²) in [7, 11) is 0. The molecule has 0 N–H and O–H groups in total. The minimum atomic E-state index is -0.371. The molecule has 0 unspecified atom stereocenters. The molecule has 0 spiro atoms. The third kappa shape index (κ3) is 7.78. The third-order valence-electron chi connectivity index (χ3n) is 3.73. The maximum absolute atomic E-state index is 12.5. The first-order valence-corrected chi connectivity index (χ1v) is 10.1. The Morgan fingerprint density at radius 2 is 1.50 bits per heavy atom. The van der Waals surface area contributed by atoms with E-state index in [0.717, 1.165) is 5.56 Å². The molecular formula is C26H32O4. The SMILES string of the molecule is C=CCOc1ccc(C(=O)/C=C/c2ccc(OC(C)(C)C)c(OC(C)(C)C)c2)cc1. The van der Waals surface area contributed by atoms with Crippen molar-refractivity contribution in [3.8, 4) is 17.2 Å². The van der Waals surface area contributed by atoms with E-state index < -0.39 is 0 Å². The number of hydrogen-bond donors (Lipinski definition) is 0. The Balaban J connectivity index is 2.20. The summed E-state index contributed by atoms with van der Waals surface area (Å²) in [6.45, 7) is 16.0. The number of ketones is 1. The molecule has 2 rings (SSSR count). The molecule has 160 valence electrons. The smallest absolute Gasteiger partial charge is 0.185 e. The van der Waals surface area contributed by atoms with Crippen LogP contribution in [0.25, 0.3) is 6.08 Å². The van der Waals surface area contributed by atoms with E-state index in [1.807, 2.05) is 59.7 Å². The number of ether oxygens (including phenoxy) is 3. The van der Waals surface area contributed by atoms with Gasteiger partial charge in [-0.2, -0.15) is 0 Å². The largest absolute Gasteiger partial charge is 0.490 e. The maximum atomic E-state index is 12.5. The van der Waals surface area contributed by atoms with Crippen molar-refractivity contribution in [2.75, 3.05) is 6.61 Å². The van der Waals surface area contributed by atoms with Crippen molar-refractivity contribution in [1.82, 2.24) is 0 Å². The molecule has 0 heterocycles. The summed E-state index contributed by atoms with van der Waals surface area (Å²) in [5, 5.41) is 0. The lowest BCUT2D eigenvalue weighted by molar-refractivity contribution is 0.0957. The summed E-state index contributed by atoms with van der Waals surface area (Å²) in [6, 6.07) is 12.7. The first kappa shape index (κ1) is 23.3. The van der Waals surface area contributed by atoms with Gasteiger partial charge in [0.25, 0.3) is 0 Å². The highest BCUT2D eigenvalue weighted by Crippen LogP contribution is 2.34. The van der Waals surface area contributed by atoms with E-state index in [2.05, 4.69) is 6.58 Å². The van der Waals surface area contributed by atoms with Crippen LogP contribution in [0.15, 0.2) is 61.2 Å². The summed E-state index contributed by atoms with van der Waals surface area (Å²) < 4.78 is 17.6. The molecule has 0 bridgehead atoms. The van der Waals surface area contributed by atoms with E-state index >= 15 is 0 Å². The minimum Gasteiger partial charge on any atom is -0.490 e. The highest BCUT2D eigenvalue weighted by Gasteiger charge is 2.19. The van der Waals surface area contributed by atoms with Crippen molar-refractivity contribution in [1.29, 1.82) is 0 Å². The maximum Gasteiger partial charge on any atom is 0.185 e. The molecule has 0 aliphatic rings. The van der Waals surface area contributed by atoms with E-state index in [0.29, 0.717) is 29.4 Å². The molecule has 2 aromatic carbocycles.